The summed E-state index contributed by atoms with van der Waals surface area (Å²) < 4.78 is 33.1. The van der Waals surface area contributed by atoms with E-state index in [1.807, 2.05) is 38.1 Å². The lowest BCUT2D eigenvalue weighted by Gasteiger charge is -2.16. The Labute approximate surface area is 177 Å². The Bertz CT molecular complexity index is 1100. The third-order valence-corrected chi connectivity index (χ3v) is 5.73. The van der Waals surface area contributed by atoms with Crippen molar-refractivity contribution in [1.29, 1.82) is 0 Å². The zero-order valence-electron chi connectivity index (χ0n) is 16.8. The SMILES string of the molecule is Cc1ccc(OCC(C)NC(=O)c2cccc(NS(=O)(=O)c3ccccc3)c2)cc1. The first-order valence-corrected chi connectivity index (χ1v) is 11.0. The Morgan fingerprint density at radius 1 is 0.967 bits per heavy atom. The maximum absolute atomic E-state index is 12.6. The summed E-state index contributed by atoms with van der Waals surface area (Å²) in [6.07, 6.45) is 0. The minimum absolute atomic E-state index is 0.154. The fraction of sp³-hybridized carbons (Fsp3) is 0.174. The average molecular weight is 425 g/mol. The standard InChI is InChI=1S/C23H24N2O4S/c1-17-11-13-21(14-12-17)29-16-18(2)24-23(26)19-7-6-8-20(15-19)25-30(27,28)22-9-4-3-5-10-22/h3-15,18,25H,16H2,1-2H3,(H,24,26). The van der Waals surface area contributed by atoms with Gasteiger partial charge in [-0.15, -0.1) is 0 Å². The molecule has 0 aliphatic heterocycles. The zero-order valence-corrected chi connectivity index (χ0v) is 17.6. The minimum Gasteiger partial charge on any atom is -0.491 e. The molecule has 0 heterocycles. The van der Waals surface area contributed by atoms with Crippen molar-refractivity contribution in [2.45, 2.75) is 24.8 Å². The van der Waals surface area contributed by atoms with Gasteiger partial charge in [0.2, 0.25) is 0 Å². The molecule has 3 rings (SSSR count). The minimum atomic E-state index is -3.72. The van der Waals surface area contributed by atoms with Crippen LogP contribution in [-0.2, 0) is 10.0 Å². The van der Waals surface area contributed by atoms with Gasteiger partial charge in [0, 0.05) is 11.3 Å². The number of hydrogen-bond donors (Lipinski definition) is 2. The highest BCUT2D eigenvalue weighted by Crippen LogP contribution is 2.17. The van der Waals surface area contributed by atoms with Crippen LogP contribution < -0.4 is 14.8 Å². The number of ether oxygens (including phenoxy) is 1. The monoisotopic (exact) mass is 424 g/mol. The normalized spacial score (nSPS) is 12.1. The van der Waals surface area contributed by atoms with Crippen LogP contribution in [0.2, 0.25) is 0 Å². The van der Waals surface area contributed by atoms with Gasteiger partial charge in [-0.3, -0.25) is 9.52 Å². The van der Waals surface area contributed by atoms with Gasteiger partial charge >= 0.3 is 0 Å². The smallest absolute Gasteiger partial charge is 0.261 e. The van der Waals surface area contributed by atoms with E-state index in [1.54, 1.807) is 36.4 Å². The van der Waals surface area contributed by atoms with E-state index in [9.17, 15) is 13.2 Å². The summed E-state index contributed by atoms with van der Waals surface area (Å²) in [4.78, 5) is 12.7. The molecule has 1 amide bonds. The van der Waals surface area contributed by atoms with E-state index >= 15 is 0 Å². The van der Waals surface area contributed by atoms with Crippen molar-refractivity contribution in [2.24, 2.45) is 0 Å². The fourth-order valence-corrected chi connectivity index (χ4v) is 3.81. The topological polar surface area (TPSA) is 84.5 Å². The van der Waals surface area contributed by atoms with E-state index in [-0.39, 0.29) is 16.8 Å². The molecular formula is C23H24N2O4S. The van der Waals surface area contributed by atoms with E-state index in [0.29, 0.717) is 17.9 Å². The molecule has 0 radical (unpaired) electrons. The lowest BCUT2D eigenvalue weighted by molar-refractivity contribution is 0.0926. The molecule has 2 N–H and O–H groups in total. The second-order valence-corrected chi connectivity index (χ2v) is 8.68. The molecule has 6 nitrogen and oxygen atoms in total. The summed E-state index contributed by atoms with van der Waals surface area (Å²) >= 11 is 0. The number of carbonyl (C=O) groups is 1. The van der Waals surface area contributed by atoms with Crippen LogP contribution in [-0.4, -0.2) is 27.0 Å². The van der Waals surface area contributed by atoms with E-state index in [0.717, 1.165) is 11.3 Å². The lowest BCUT2D eigenvalue weighted by Crippen LogP contribution is -2.36. The number of amides is 1. The molecule has 0 bridgehead atoms. The van der Waals surface area contributed by atoms with Crippen LogP contribution in [0.1, 0.15) is 22.8 Å². The van der Waals surface area contributed by atoms with Gasteiger partial charge in [0.15, 0.2) is 0 Å². The van der Waals surface area contributed by atoms with Crippen LogP contribution in [0.5, 0.6) is 5.75 Å². The molecule has 1 atom stereocenters. The van der Waals surface area contributed by atoms with Gasteiger partial charge < -0.3 is 10.1 Å². The second-order valence-electron chi connectivity index (χ2n) is 7.00. The number of anilines is 1. The van der Waals surface area contributed by atoms with Crippen molar-refractivity contribution in [3.63, 3.8) is 0 Å². The third kappa shape index (κ3) is 5.84. The first-order valence-electron chi connectivity index (χ1n) is 9.52. The fourth-order valence-electron chi connectivity index (χ4n) is 2.74. The summed E-state index contributed by atoms with van der Waals surface area (Å²) in [5, 5.41) is 2.86. The first-order chi connectivity index (χ1) is 14.3. The van der Waals surface area contributed by atoms with Gasteiger partial charge in [-0.05, 0) is 56.3 Å². The molecule has 7 heteroatoms. The van der Waals surface area contributed by atoms with Gasteiger partial charge in [-0.2, -0.15) is 0 Å². The molecule has 0 saturated heterocycles. The largest absolute Gasteiger partial charge is 0.491 e. The maximum Gasteiger partial charge on any atom is 0.261 e. The van der Waals surface area contributed by atoms with Crippen molar-refractivity contribution in [1.82, 2.24) is 5.32 Å². The van der Waals surface area contributed by atoms with E-state index < -0.39 is 10.0 Å². The molecule has 3 aromatic rings. The molecule has 3 aromatic carbocycles. The van der Waals surface area contributed by atoms with Crippen LogP contribution in [0.4, 0.5) is 5.69 Å². The molecule has 1 unspecified atom stereocenters. The Kier molecular flexibility index (Phi) is 6.74. The third-order valence-electron chi connectivity index (χ3n) is 4.33. The van der Waals surface area contributed by atoms with Crippen molar-refractivity contribution in [3.05, 3.63) is 90.0 Å². The zero-order chi connectivity index (χ0) is 21.6. The van der Waals surface area contributed by atoms with Gasteiger partial charge in [-0.1, -0.05) is 42.0 Å². The quantitative estimate of drug-likeness (QED) is 0.573. The summed E-state index contributed by atoms with van der Waals surface area (Å²) in [6, 6.07) is 21.9. The highest BCUT2D eigenvalue weighted by Gasteiger charge is 2.15. The van der Waals surface area contributed by atoms with Crippen molar-refractivity contribution < 1.29 is 17.9 Å². The second kappa shape index (κ2) is 9.45. The van der Waals surface area contributed by atoms with Crippen LogP contribution in [0.15, 0.2) is 83.8 Å². The molecule has 0 fully saturated rings. The summed E-state index contributed by atoms with van der Waals surface area (Å²) in [5.41, 5.74) is 1.81. The van der Waals surface area contributed by atoms with Crippen LogP contribution in [0.25, 0.3) is 0 Å². The van der Waals surface area contributed by atoms with Gasteiger partial charge in [0.1, 0.15) is 12.4 Å². The molecule has 0 aromatic heterocycles. The highest BCUT2D eigenvalue weighted by atomic mass is 32.2. The number of rotatable bonds is 8. The highest BCUT2D eigenvalue weighted by molar-refractivity contribution is 7.92. The van der Waals surface area contributed by atoms with Gasteiger partial charge in [0.25, 0.3) is 15.9 Å². The Morgan fingerprint density at radius 2 is 1.67 bits per heavy atom. The molecule has 0 saturated carbocycles. The van der Waals surface area contributed by atoms with Crippen LogP contribution in [0.3, 0.4) is 0 Å². The van der Waals surface area contributed by atoms with E-state index in [2.05, 4.69) is 10.0 Å². The van der Waals surface area contributed by atoms with Gasteiger partial charge in [-0.25, -0.2) is 8.42 Å². The molecular weight excluding hydrogens is 400 g/mol. The summed E-state index contributed by atoms with van der Waals surface area (Å²) in [7, 11) is -3.72. The molecule has 0 aliphatic rings. The average Bonchev–Trinajstić information content (AvgIpc) is 2.74. The predicted octanol–water partition coefficient (Wildman–Crippen LogP) is 3.99. The lowest BCUT2D eigenvalue weighted by atomic mass is 10.2. The van der Waals surface area contributed by atoms with Gasteiger partial charge in [0.05, 0.1) is 10.9 Å². The Hall–Kier alpha value is -3.32. The number of benzene rings is 3. The van der Waals surface area contributed by atoms with Crippen molar-refractivity contribution in [2.75, 3.05) is 11.3 Å². The van der Waals surface area contributed by atoms with E-state index in [4.69, 9.17) is 4.74 Å². The van der Waals surface area contributed by atoms with Crippen LogP contribution in [0, 0.1) is 6.92 Å². The number of aryl methyl sites for hydroxylation is 1. The Morgan fingerprint density at radius 3 is 2.37 bits per heavy atom. The van der Waals surface area contributed by atoms with Crippen LogP contribution >= 0.6 is 0 Å². The van der Waals surface area contributed by atoms with Crippen molar-refractivity contribution in [3.8, 4) is 5.75 Å². The summed E-state index contributed by atoms with van der Waals surface area (Å²) in [5.74, 6) is 0.426. The molecule has 0 aliphatic carbocycles. The maximum atomic E-state index is 12.6. The Balaban J connectivity index is 1.60. The first kappa shape index (κ1) is 21.4. The number of hydrogen-bond acceptors (Lipinski definition) is 4. The predicted molar refractivity (Wildman–Crippen MR) is 117 cm³/mol. The summed E-state index contributed by atoms with van der Waals surface area (Å²) in [6.45, 7) is 4.16. The molecule has 0 spiro atoms. The number of carbonyl (C=O) groups excluding carboxylic acids is 1. The van der Waals surface area contributed by atoms with Crippen molar-refractivity contribution >= 4 is 21.6 Å². The van der Waals surface area contributed by atoms with E-state index in [1.165, 1.54) is 18.2 Å². The number of sulfonamides is 1. The molecule has 156 valence electrons. The molecule has 30 heavy (non-hydrogen) atoms. The number of nitrogens with one attached hydrogen (secondary N) is 2.